The summed E-state index contributed by atoms with van der Waals surface area (Å²) in [7, 11) is 1.57. The molecular weight excluding hydrogens is 503 g/mol. The van der Waals surface area contributed by atoms with Crippen molar-refractivity contribution in [1.82, 2.24) is 19.2 Å². The molecule has 2 bridgehead atoms. The van der Waals surface area contributed by atoms with Crippen LogP contribution in [0.1, 0.15) is 44.1 Å². The van der Waals surface area contributed by atoms with Crippen LogP contribution < -0.4 is 4.74 Å². The van der Waals surface area contributed by atoms with Gasteiger partial charge in [-0.15, -0.1) is 0 Å². The Morgan fingerprint density at radius 2 is 1.78 bits per heavy atom. The number of hydrogen-bond acceptors (Lipinski definition) is 5. The number of piperazine rings is 1. The first kappa shape index (κ1) is 24.7. The second-order valence-electron chi connectivity index (χ2n) is 10.2. The molecule has 0 radical (unpaired) electrons. The number of pyridine rings is 1. The smallest absolute Gasteiger partial charge is 0.410 e. The fraction of sp³-hybridized carbons (Fsp3) is 0.423. The van der Waals surface area contributed by atoms with E-state index in [0.29, 0.717) is 45.8 Å². The van der Waals surface area contributed by atoms with Crippen molar-refractivity contribution in [1.29, 1.82) is 0 Å². The van der Waals surface area contributed by atoms with Gasteiger partial charge in [0.25, 0.3) is 5.91 Å². The number of halogens is 2. The molecule has 36 heavy (non-hydrogen) atoms. The van der Waals surface area contributed by atoms with E-state index in [-0.39, 0.29) is 24.1 Å². The van der Waals surface area contributed by atoms with Crippen molar-refractivity contribution in [3.63, 3.8) is 0 Å². The molecule has 190 valence electrons. The molecule has 1 aromatic carbocycles. The molecule has 3 aromatic rings. The zero-order valence-electron chi connectivity index (χ0n) is 20.6. The SMILES string of the molecule is COc1ccc(Cl)c(Cl)c1-c1ccn2cc(C(=O)N3CC4CCC(C3)N4C(=O)OC(C)(C)C)nc2c1. The van der Waals surface area contributed by atoms with Crippen LogP contribution in [0.5, 0.6) is 5.75 Å². The van der Waals surface area contributed by atoms with Crippen LogP contribution >= 0.6 is 23.2 Å². The van der Waals surface area contributed by atoms with E-state index in [2.05, 4.69) is 4.98 Å². The number of aromatic nitrogens is 2. The first-order valence-corrected chi connectivity index (χ1v) is 12.6. The van der Waals surface area contributed by atoms with Gasteiger partial charge in [0, 0.05) is 31.0 Å². The van der Waals surface area contributed by atoms with Gasteiger partial charge in [-0.05, 0) is 63.4 Å². The van der Waals surface area contributed by atoms with Crippen LogP contribution in [0.4, 0.5) is 4.79 Å². The highest BCUT2D eigenvalue weighted by Crippen LogP contribution is 2.41. The largest absolute Gasteiger partial charge is 0.496 e. The molecule has 2 amide bonds. The van der Waals surface area contributed by atoms with Gasteiger partial charge in [0.1, 0.15) is 22.7 Å². The number of hydrogen-bond donors (Lipinski definition) is 0. The third-order valence-electron chi connectivity index (χ3n) is 6.62. The molecule has 0 N–H and O–H groups in total. The van der Waals surface area contributed by atoms with Crippen molar-refractivity contribution in [2.24, 2.45) is 0 Å². The zero-order valence-corrected chi connectivity index (χ0v) is 22.1. The Balaban J connectivity index is 1.38. The topological polar surface area (TPSA) is 76.4 Å². The average molecular weight is 531 g/mol. The fourth-order valence-electron chi connectivity index (χ4n) is 5.06. The number of fused-ring (bicyclic) bond motifs is 3. The highest BCUT2D eigenvalue weighted by atomic mass is 35.5. The van der Waals surface area contributed by atoms with Gasteiger partial charge in [-0.2, -0.15) is 0 Å². The minimum atomic E-state index is -0.557. The van der Waals surface area contributed by atoms with Crippen LogP contribution in [0.25, 0.3) is 16.8 Å². The molecule has 8 nitrogen and oxygen atoms in total. The highest BCUT2D eigenvalue weighted by Gasteiger charge is 2.45. The summed E-state index contributed by atoms with van der Waals surface area (Å²) in [6, 6.07) is 7.07. The van der Waals surface area contributed by atoms with E-state index in [1.54, 1.807) is 34.7 Å². The molecule has 4 heterocycles. The molecule has 5 rings (SSSR count). The number of amides is 2. The molecule has 2 aromatic heterocycles. The predicted octanol–water partition coefficient (Wildman–Crippen LogP) is 5.54. The Morgan fingerprint density at radius 3 is 2.42 bits per heavy atom. The summed E-state index contributed by atoms with van der Waals surface area (Å²) < 4.78 is 12.9. The number of methoxy groups -OCH3 is 1. The van der Waals surface area contributed by atoms with E-state index in [1.807, 2.05) is 44.0 Å². The number of nitrogens with zero attached hydrogens (tertiary/aromatic N) is 4. The van der Waals surface area contributed by atoms with E-state index >= 15 is 0 Å². The summed E-state index contributed by atoms with van der Waals surface area (Å²) in [4.78, 5) is 34.4. The van der Waals surface area contributed by atoms with Crippen molar-refractivity contribution in [2.75, 3.05) is 20.2 Å². The molecule has 0 aliphatic carbocycles. The Hall–Kier alpha value is -2.97. The maximum atomic E-state index is 13.4. The minimum Gasteiger partial charge on any atom is -0.496 e. The van der Waals surface area contributed by atoms with Crippen molar-refractivity contribution in [2.45, 2.75) is 51.3 Å². The Labute approximate surface area is 219 Å². The van der Waals surface area contributed by atoms with Crippen LogP contribution in [-0.2, 0) is 4.74 Å². The van der Waals surface area contributed by atoms with Crippen molar-refractivity contribution < 1.29 is 19.1 Å². The summed E-state index contributed by atoms with van der Waals surface area (Å²) in [5, 5.41) is 0.813. The molecule has 10 heteroatoms. The Kier molecular flexibility index (Phi) is 6.29. The van der Waals surface area contributed by atoms with Crippen molar-refractivity contribution in [3.05, 3.63) is 52.4 Å². The lowest BCUT2D eigenvalue weighted by Gasteiger charge is -2.41. The lowest BCUT2D eigenvalue weighted by Crippen LogP contribution is -2.57. The maximum Gasteiger partial charge on any atom is 0.410 e. The third kappa shape index (κ3) is 4.48. The molecule has 2 atom stereocenters. The average Bonchev–Trinajstić information content (AvgIpc) is 3.36. The van der Waals surface area contributed by atoms with Crippen LogP contribution in [0.3, 0.4) is 0 Å². The van der Waals surface area contributed by atoms with E-state index in [1.165, 1.54) is 0 Å². The predicted molar refractivity (Wildman–Crippen MR) is 138 cm³/mol. The van der Waals surface area contributed by atoms with Gasteiger partial charge in [-0.3, -0.25) is 9.69 Å². The maximum absolute atomic E-state index is 13.4. The summed E-state index contributed by atoms with van der Waals surface area (Å²) in [5.41, 5.74) is 1.84. The van der Waals surface area contributed by atoms with E-state index in [4.69, 9.17) is 32.7 Å². The number of ether oxygens (including phenoxy) is 2. The number of imidazole rings is 1. The van der Waals surface area contributed by atoms with Gasteiger partial charge in [0.05, 0.1) is 29.2 Å². The standard InChI is InChI=1S/C26H28Cl2N4O4/c1-26(2,3)36-25(34)32-16-5-6-17(32)13-31(12-16)24(33)19-14-30-10-9-15(11-21(30)29-19)22-20(35-4)8-7-18(27)23(22)28/h7-11,14,16-17H,5-6,12-13H2,1-4H3. The number of rotatable bonds is 3. The van der Waals surface area contributed by atoms with Crippen LogP contribution in [0.15, 0.2) is 36.7 Å². The molecule has 0 saturated carbocycles. The normalized spacial score (nSPS) is 19.6. The van der Waals surface area contributed by atoms with Gasteiger partial charge >= 0.3 is 6.09 Å². The van der Waals surface area contributed by atoms with Crippen LogP contribution in [0, 0.1) is 0 Å². The number of carbonyl (C=O) groups excluding carboxylic acids is 2. The van der Waals surface area contributed by atoms with Crippen LogP contribution in [-0.4, -0.2) is 69.1 Å². The second-order valence-corrected chi connectivity index (χ2v) is 11.0. The second kappa shape index (κ2) is 9.16. The molecule has 2 aliphatic heterocycles. The van der Waals surface area contributed by atoms with Crippen molar-refractivity contribution in [3.8, 4) is 16.9 Å². The summed E-state index contributed by atoms with van der Waals surface area (Å²) >= 11 is 12.7. The quantitative estimate of drug-likeness (QED) is 0.444. The summed E-state index contributed by atoms with van der Waals surface area (Å²) in [6.45, 7) is 6.50. The van der Waals surface area contributed by atoms with Gasteiger partial charge in [-0.25, -0.2) is 9.78 Å². The lowest BCUT2D eigenvalue weighted by molar-refractivity contribution is -0.00342. The van der Waals surface area contributed by atoms with Gasteiger partial charge in [0.15, 0.2) is 0 Å². The third-order valence-corrected chi connectivity index (χ3v) is 7.42. The molecular formula is C26H28Cl2N4O4. The van der Waals surface area contributed by atoms with E-state index < -0.39 is 5.60 Å². The Bertz CT molecular complexity index is 1340. The minimum absolute atomic E-state index is 0.0522. The molecule has 2 saturated heterocycles. The molecule has 2 aliphatic rings. The number of likely N-dealkylation sites (tertiary alicyclic amines) is 1. The first-order valence-electron chi connectivity index (χ1n) is 11.9. The molecule has 0 spiro atoms. The highest BCUT2D eigenvalue weighted by molar-refractivity contribution is 6.44. The van der Waals surface area contributed by atoms with Gasteiger partial charge < -0.3 is 18.8 Å². The van der Waals surface area contributed by atoms with Gasteiger partial charge in [0.2, 0.25) is 0 Å². The van der Waals surface area contributed by atoms with E-state index in [0.717, 1.165) is 18.4 Å². The fourth-order valence-corrected chi connectivity index (χ4v) is 5.48. The Morgan fingerprint density at radius 1 is 1.08 bits per heavy atom. The number of benzene rings is 1. The van der Waals surface area contributed by atoms with Crippen LogP contribution in [0.2, 0.25) is 10.0 Å². The van der Waals surface area contributed by atoms with Crippen molar-refractivity contribution >= 4 is 40.8 Å². The monoisotopic (exact) mass is 530 g/mol. The summed E-state index contributed by atoms with van der Waals surface area (Å²) in [6.07, 6.45) is 4.95. The van der Waals surface area contributed by atoms with Gasteiger partial charge in [-0.1, -0.05) is 23.2 Å². The van der Waals surface area contributed by atoms with E-state index in [9.17, 15) is 9.59 Å². The molecule has 2 fully saturated rings. The molecule has 2 unspecified atom stereocenters. The lowest BCUT2D eigenvalue weighted by atomic mass is 10.1. The summed E-state index contributed by atoms with van der Waals surface area (Å²) in [5.74, 6) is 0.439. The number of carbonyl (C=O) groups is 2. The first-order chi connectivity index (χ1) is 17.1. The zero-order chi connectivity index (χ0) is 25.8.